The summed E-state index contributed by atoms with van der Waals surface area (Å²) in [7, 11) is -0.0597. The maximum Gasteiger partial charge on any atom is 0.345 e. The van der Waals surface area contributed by atoms with Crippen molar-refractivity contribution in [2.24, 2.45) is 0 Å². The highest BCUT2D eigenvalue weighted by atomic mass is 35.5. The third-order valence-electron chi connectivity index (χ3n) is 5.24. The van der Waals surface area contributed by atoms with E-state index in [1.54, 1.807) is 45.5 Å². The van der Waals surface area contributed by atoms with E-state index >= 15 is 0 Å². The second-order valence-electron chi connectivity index (χ2n) is 6.83. The van der Waals surface area contributed by atoms with Gasteiger partial charge in [0.15, 0.2) is 9.84 Å². The molecule has 1 unspecified atom stereocenters. The molecule has 2 aromatic rings. The molecule has 10 heteroatoms. The quantitative estimate of drug-likeness (QED) is 0.502. The molecule has 6 nitrogen and oxygen atoms in total. The van der Waals surface area contributed by atoms with Crippen molar-refractivity contribution in [3.05, 3.63) is 40.0 Å². The van der Waals surface area contributed by atoms with Gasteiger partial charge in [-0.25, -0.2) is 17.9 Å². The van der Waals surface area contributed by atoms with Gasteiger partial charge in [0, 0.05) is 18.4 Å². The van der Waals surface area contributed by atoms with Crippen LogP contribution in [-0.2, 0) is 21.1 Å². The van der Waals surface area contributed by atoms with Crippen LogP contribution >= 0.6 is 33.2 Å². The van der Waals surface area contributed by atoms with Crippen LogP contribution in [0.2, 0.25) is 5.02 Å². The Bertz CT molecular complexity index is 1060. The number of hydrogen-bond acceptors (Lipinski definition) is 7. The van der Waals surface area contributed by atoms with E-state index in [-0.39, 0.29) is 20.4 Å². The van der Waals surface area contributed by atoms with Gasteiger partial charge < -0.3 is 4.74 Å². The van der Waals surface area contributed by atoms with Gasteiger partial charge >= 0.3 is 5.97 Å². The SMILES string of the molecule is CCn1nccc1OC(=O)c1cc(Cl)c2c(c1C)C1(CCSS1)CCS2(=O)=O. The molecule has 2 aliphatic heterocycles. The zero-order valence-electron chi connectivity index (χ0n) is 15.4. The summed E-state index contributed by atoms with van der Waals surface area (Å²) < 4.78 is 32.3. The van der Waals surface area contributed by atoms with Gasteiger partial charge in [0.25, 0.3) is 0 Å². The smallest absolute Gasteiger partial charge is 0.345 e. The van der Waals surface area contributed by atoms with Crippen LogP contribution in [0.15, 0.2) is 23.2 Å². The Hall–Kier alpha value is -1.16. The maximum absolute atomic E-state index is 12.9. The first-order chi connectivity index (χ1) is 13.3. The number of sulfone groups is 1. The third kappa shape index (κ3) is 3.16. The summed E-state index contributed by atoms with van der Waals surface area (Å²) in [5.41, 5.74) is 1.60. The Kier molecular flexibility index (Phi) is 5.22. The lowest BCUT2D eigenvalue weighted by Crippen LogP contribution is -2.33. The molecule has 0 radical (unpaired) electrons. The van der Waals surface area contributed by atoms with Crippen molar-refractivity contribution in [2.75, 3.05) is 11.5 Å². The van der Waals surface area contributed by atoms with Crippen molar-refractivity contribution in [2.45, 2.75) is 42.9 Å². The highest BCUT2D eigenvalue weighted by molar-refractivity contribution is 8.77. The minimum absolute atomic E-state index is 0.0756. The highest BCUT2D eigenvalue weighted by Crippen LogP contribution is 2.60. The number of hydrogen-bond donors (Lipinski definition) is 0. The molecule has 1 fully saturated rings. The van der Waals surface area contributed by atoms with E-state index in [2.05, 4.69) is 5.10 Å². The number of ether oxygens (including phenoxy) is 1. The molecule has 150 valence electrons. The van der Waals surface area contributed by atoms with Crippen LogP contribution in [0, 0.1) is 6.92 Å². The van der Waals surface area contributed by atoms with Crippen molar-refractivity contribution in [1.82, 2.24) is 9.78 Å². The Morgan fingerprint density at radius 3 is 2.89 bits per heavy atom. The first-order valence-electron chi connectivity index (χ1n) is 8.90. The van der Waals surface area contributed by atoms with Gasteiger partial charge in [0.2, 0.25) is 5.88 Å². The van der Waals surface area contributed by atoms with Crippen molar-refractivity contribution in [1.29, 1.82) is 0 Å². The second kappa shape index (κ2) is 7.27. The fourth-order valence-electron chi connectivity index (χ4n) is 3.85. The van der Waals surface area contributed by atoms with E-state index in [0.717, 1.165) is 12.2 Å². The van der Waals surface area contributed by atoms with Crippen molar-refractivity contribution >= 4 is 49.0 Å². The number of esters is 1. The van der Waals surface area contributed by atoms with Crippen LogP contribution in [0.5, 0.6) is 5.88 Å². The summed E-state index contributed by atoms with van der Waals surface area (Å²) in [5.74, 6) is 0.789. The van der Waals surface area contributed by atoms with Gasteiger partial charge in [0.1, 0.15) is 0 Å². The number of fused-ring (bicyclic) bond motifs is 2. The summed E-state index contributed by atoms with van der Waals surface area (Å²) in [4.78, 5) is 13.1. The first kappa shape index (κ1) is 20.1. The lowest BCUT2D eigenvalue weighted by molar-refractivity contribution is 0.0717. The van der Waals surface area contributed by atoms with E-state index in [0.29, 0.717) is 35.5 Å². The molecule has 4 rings (SSSR count). The van der Waals surface area contributed by atoms with Gasteiger partial charge in [-0.2, -0.15) is 5.10 Å². The predicted octanol–water partition coefficient (Wildman–Crippen LogP) is 4.24. The molecule has 1 saturated heterocycles. The minimum Gasteiger partial charge on any atom is -0.404 e. The predicted molar refractivity (Wildman–Crippen MR) is 112 cm³/mol. The zero-order chi connectivity index (χ0) is 20.1. The Morgan fingerprint density at radius 2 is 2.21 bits per heavy atom. The molecule has 0 bridgehead atoms. The molecule has 1 aromatic heterocycles. The molecule has 0 N–H and O–H groups in total. The van der Waals surface area contributed by atoms with E-state index in [9.17, 15) is 13.2 Å². The monoisotopic (exact) mass is 458 g/mol. The number of aryl methyl sites for hydroxylation is 1. The summed E-state index contributed by atoms with van der Waals surface area (Å²) in [6.07, 6.45) is 2.94. The Balaban J connectivity index is 1.85. The maximum atomic E-state index is 12.9. The Labute approximate surface area is 176 Å². The molecular weight excluding hydrogens is 440 g/mol. The summed E-state index contributed by atoms with van der Waals surface area (Å²) in [5, 5.41) is 4.19. The highest BCUT2D eigenvalue weighted by Gasteiger charge is 2.48. The standard InChI is InChI=1S/C18H19ClN2O4S3/c1-3-21-14(4-7-20-21)25-17(22)12-10-13(19)16-15(11(12)2)18(5-8-26-27-18)6-9-28(16,23)24/h4,7,10H,3,5-6,8-9H2,1-2H3. The van der Waals surface area contributed by atoms with E-state index in [1.165, 1.54) is 6.07 Å². The normalized spacial score (nSPS) is 23.0. The van der Waals surface area contributed by atoms with Crippen molar-refractivity contribution < 1.29 is 17.9 Å². The summed E-state index contributed by atoms with van der Waals surface area (Å²) >= 11 is 6.43. The number of rotatable bonds is 3. The number of halogens is 1. The molecule has 1 aromatic carbocycles. The van der Waals surface area contributed by atoms with Crippen LogP contribution in [0.1, 0.15) is 41.3 Å². The van der Waals surface area contributed by atoms with Crippen LogP contribution < -0.4 is 4.74 Å². The van der Waals surface area contributed by atoms with E-state index in [1.807, 2.05) is 6.92 Å². The molecule has 0 amide bonds. The van der Waals surface area contributed by atoms with Crippen LogP contribution in [0.4, 0.5) is 0 Å². The number of nitrogens with zero attached hydrogens (tertiary/aromatic N) is 2. The average molecular weight is 459 g/mol. The number of benzene rings is 1. The van der Waals surface area contributed by atoms with Crippen molar-refractivity contribution in [3.63, 3.8) is 0 Å². The lowest BCUT2D eigenvalue weighted by Gasteiger charge is -2.36. The van der Waals surface area contributed by atoms with Gasteiger partial charge in [-0.1, -0.05) is 33.2 Å². The molecule has 0 saturated carbocycles. The average Bonchev–Trinajstić information content (AvgIpc) is 3.30. The van der Waals surface area contributed by atoms with Gasteiger partial charge in [-0.15, -0.1) is 0 Å². The van der Waals surface area contributed by atoms with Gasteiger partial charge in [-0.3, -0.25) is 0 Å². The minimum atomic E-state index is -3.48. The van der Waals surface area contributed by atoms with E-state index < -0.39 is 15.8 Å². The summed E-state index contributed by atoms with van der Waals surface area (Å²) in [6.45, 7) is 4.25. The third-order valence-corrected chi connectivity index (χ3v) is 10.7. The molecule has 2 aliphatic rings. The largest absolute Gasteiger partial charge is 0.404 e. The fraction of sp³-hybridized carbons (Fsp3) is 0.444. The Morgan fingerprint density at radius 1 is 1.43 bits per heavy atom. The zero-order valence-corrected chi connectivity index (χ0v) is 18.6. The number of carbonyl (C=O) groups excluding carboxylic acids is 1. The van der Waals surface area contributed by atoms with Gasteiger partial charge in [0.05, 0.1) is 32.2 Å². The van der Waals surface area contributed by atoms with Crippen LogP contribution in [-0.4, -0.2) is 35.7 Å². The summed E-state index contributed by atoms with van der Waals surface area (Å²) in [6, 6.07) is 3.04. The molecule has 1 spiro atoms. The molecular formula is C18H19ClN2O4S3. The second-order valence-corrected chi connectivity index (χ2v) is 12.1. The van der Waals surface area contributed by atoms with Crippen molar-refractivity contribution in [3.8, 4) is 5.88 Å². The number of carbonyl (C=O) groups is 1. The first-order valence-corrected chi connectivity index (χ1v) is 13.2. The fourth-order valence-corrected chi connectivity index (χ4v) is 9.94. The topological polar surface area (TPSA) is 78.3 Å². The van der Waals surface area contributed by atoms with Crippen LogP contribution in [0.25, 0.3) is 0 Å². The molecule has 3 heterocycles. The molecule has 1 atom stereocenters. The lowest BCUT2D eigenvalue weighted by atomic mass is 9.86. The van der Waals surface area contributed by atoms with Gasteiger partial charge in [-0.05, 0) is 43.9 Å². The molecule has 28 heavy (non-hydrogen) atoms. The number of aromatic nitrogens is 2. The van der Waals surface area contributed by atoms with E-state index in [4.69, 9.17) is 16.3 Å². The van der Waals surface area contributed by atoms with Crippen LogP contribution in [0.3, 0.4) is 0 Å². The molecule has 0 aliphatic carbocycles.